The molecule has 0 heterocycles. The number of fused-ring (bicyclic) bond motifs is 1. The summed E-state index contributed by atoms with van der Waals surface area (Å²) in [7, 11) is 0. The van der Waals surface area contributed by atoms with Crippen molar-refractivity contribution >= 4 is 11.6 Å². The van der Waals surface area contributed by atoms with Crippen molar-refractivity contribution in [2.45, 2.75) is 89.9 Å². The highest BCUT2D eigenvalue weighted by atomic mass is 35.5. The van der Waals surface area contributed by atoms with E-state index in [1.54, 1.807) is 6.07 Å². The SMILES string of the molecule is CCCCCCCC1CC[C@@H]2C[C@H](c3ccc(-c4ccc(Cl)cc4)c(F)c3)CC[C@@H]2C1. The molecule has 0 aromatic heterocycles. The maximum Gasteiger partial charge on any atom is 0.131 e. The second-order valence-electron chi connectivity index (χ2n) is 10.2. The van der Waals surface area contributed by atoms with E-state index in [2.05, 4.69) is 13.0 Å². The van der Waals surface area contributed by atoms with Gasteiger partial charge in [0.05, 0.1) is 0 Å². The fraction of sp³-hybridized carbons (Fsp3) is 0.586. The summed E-state index contributed by atoms with van der Waals surface area (Å²) in [5.41, 5.74) is 2.77. The van der Waals surface area contributed by atoms with Crippen LogP contribution in [-0.4, -0.2) is 0 Å². The van der Waals surface area contributed by atoms with E-state index in [0.717, 1.165) is 23.3 Å². The average molecular weight is 441 g/mol. The first-order valence-electron chi connectivity index (χ1n) is 12.7. The van der Waals surface area contributed by atoms with Crippen LogP contribution in [0, 0.1) is 23.6 Å². The molecule has 0 spiro atoms. The predicted octanol–water partition coefficient (Wildman–Crippen LogP) is 9.81. The molecule has 0 amide bonds. The van der Waals surface area contributed by atoms with Crippen molar-refractivity contribution in [3.63, 3.8) is 0 Å². The van der Waals surface area contributed by atoms with E-state index >= 15 is 0 Å². The molecule has 4 rings (SSSR count). The number of hydrogen-bond donors (Lipinski definition) is 0. The molecule has 2 saturated carbocycles. The van der Waals surface area contributed by atoms with Gasteiger partial charge in [0.2, 0.25) is 0 Å². The second kappa shape index (κ2) is 11.0. The van der Waals surface area contributed by atoms with Gasteiger partial charge >= 0.3 is 0 Å². The van der Waals surface area contributed by atoms with E-state index < -0.39 is 0 Å². The Bertz CT molecular complexity index is 827. The topological polar surface area (TPSA) is 0 Å². The van der Waals surface area contributed by atoms with Crippen molar-refractivity contribution in [1.82, 2.24) is 0 Å². The molecule has 2 aromatic rings. The lowest BCUT2D eigenvalue weighted by molar-refractivity contribution is 0.113. The van der Waals surface area contributed by atoms with Crippen LogP contribution in [0.2, 0.25) is 5.02 Å². The minimum absolute atomic E-state index is 0.103. The van der Waals surface area contributed by atoms with Crippen molar-refractivity contribution in [3.05, 3.63) is 58.9 Å². The summed E-state index contributed by atoms with van der Waals surface area (Å²) in [6, 6.07) is 13.4. The number of benzene rings is 2. The predicted molar refractivity (Wildman–Crippen MR) is 131 cm³/mol. The number of unbranched alkanes of at least 4 members (excludes halogenated alkanes) is 4. The zero-order chi connectivity index (χ0) is 21.6. The molecule has 0 saturated heterocycles. The molecule has 0 N–H and O–H groups in total. The first kappa shape index (κ1) is 22.8. The summed E-state index contributed by atoms with van der Waals surface area (Å²) in [5, 5.41) is 0.684. The third kappa shape index (κ3) is 5.92. The van der Waals surface area contributed by atoms with Crippen molar-refractivity contribution < 1.29 is 4.39 Å². The van der Waals surface area contributed by atoms with Gasteiger partial charge in [0.15, 0.2) is 0 Å². The molecular formula is C29H38ClF. The zero-order valence-corrected chi connectivity index (χ0v) is 19.8. The van der Waals surface area contributed by atoms with Crippen molar-refractivity contribution in [3.8, 4) is 11.1 Å². The molecule has 0 bridgehead atoms. The summed E-state index contributed by atoms with van der Waals surface area (Å²) in [4.78, 5) is 0. The van der Waals surface area contributed by atoms with Crippen LogP contribution in [0.1, 0.15) is 95.5 Å². The molecule has 31 heavy (non-hydrogen) atoms. The average Bonchev–Trinajstić information content (AvgIpc) is 2.79. The van der Waals surface area contributed by atoms with Crippen molar-refractivity contribution in [2.75, 3.05) is 0 Å². The number of halogens is 2. The Morgan fingerprint density at radius 3 is 2.35 bits per heavy atom. The van der Waals surface area contributed by atoms with Crippen LogP contribution in [0.15, 0.2) is 42.5 Å². The summed E-state index contributed by atoms with van der Waals surface area (Å²) >= 11 is 5.98. The van der Waals surface area contributed by atoms with Gasteiger partial charge in [-0.25, -0.2) is 4.39 Å². The Balaban J connectivity index is 1.31. The van der Waals surface area contributed by atoms with Crippen LogP contribution in [-0.2, 0) is 0 Å². The minimum atomic E-state index is -0.103. The molecular weight excluding hydrogens is 403 g/mol. The van der Waals surface area contributed by atoms with Crippen LogP contribution >= 0.6 is 11.6 Å². The van der Waals surface area contributed by atoms with Gasteiger partial charge in [-0.3, -0.25) is 0 Å². The zero-order valence-electron chi connectivity index (χ0n) is 19.1. The van der Waals surface area contributed by atoms with Gasteiger partial charge in [-0.05, 0) is 85.1 Å². The Labute approximate surface area is 193 Å². The number of rotatable bonds is 8. The fourth-order valence-corrected chi connectivity index (χ4v) is 6.36. The second-order valence-corrected chi connectivity index (χ2v) is 10.6. The highest BCUT2D eigenvalue weighted by Crippen LogP contribution is 2.48. The lowest BCUT2D eigenvalue weighted by atomic mass is 9.63. The first-order valence-corrected chi connectivity index (χ1v) is 13.1. The first-order chi connectivity index (χ1) is 15.1. The molecule has 168 valence electrons. The van der Waals surface area contributed by atoms with E-state index in [-0.39, 0.29) is 5.82 Å². The Morgan fingerprint density at radius 2 is 1.58 bits per heavy atom. The van der Waals surface area contributed by atoms with E-state index in [1.165, 1.54) is 82.6 Å². The standard InChI is InChI=1S/C29H38ClF/c1-2-3-4-5-6-7-21-8-9-24-19-25(11-10-23(24)18-21)26-14-17-28(29(31)20-26)22-12-15-27(30)16-13-22/h12-17,20-21,23-25H,2-11,18-19H2,1H3/t21?,23-,24-,25-/m1/s1. The van der Waals surface area contributed by atoms with Gasteiger partial charge in [-0.2, -0.15) is 0 Å². The molecule has 2 aliphatic rings. The Morgan fingerprint density at radius 1 is 0.839 bits per heavy atom. The summed E-state index contributed by atoms with van der Waals surface area (Å²) in [6.45, 7) is 2.29. The van der Waals surface area contributed by atoms with Crippen LogP contribution in [0.3, 0.4) is 0 Å². The maximum absolute atomic E-state index is 14.9. The molecule has 4 atom stereocenters. The maximum atomic E-state index is 14.9. The highest BCUT2D eigenvalue weighted by molar-refractivity contribution is 6.30. The van der Waals surface area contributed by atoms with Crippen LogP contribution < -0.4 is 0 Å². The van der Waals surface area contributed by atoms with Gasteiger partial charge in [0.1, 0.15) is 5.82 Å². The summed E-state index contributed by atoms with van der Waals surface area (Å²) < 4.78 is 14.9. The van der Waals surface area contributed by atoms with Crippen LogP contribution in [0.4, 0.5) is 4.39 Å². The lowest BCUT2D eigenvalue weighted by Gasteiger charge is -2.42. The Kier molecular flexibility index (Phi) is 8.10. The lowest BCUT2D eigenvalue weighted by Crippen LogP contribution is -2.30. The minimum Gasteiger partial charge on any atom is -0.206 e. The van der Waals surface area contributed by atoms with Gasteiger partial charge in [0.25, 0.3) is 0 Å². The van der Waals surface area contributed by atoms with Crippen molar-refractivity contribution in [2.24, 2.45) is 17.8 Å². The van der Waals surface area contributed by atoms with E-state index in [9.17, 15) is 4.39 Å². The highest BCUT2D eigenvalue weighted by Gasteiger charge is 2.35. The molecule has 2 heteroatoms. The third-order valence-corrected chi connectivity index (χ3v) is 8.31. The molecule has 2 aromatic carbocycles. The van der Waals surface area contributed by atoms with Crippen LogP contribution in [0.5, 0.6) is 0 Å². The summed E-state index contributed by atoms with van der Waals surface area (Å²) in [6.07, 6.45) is 16.6. The van der Waals surface area contributed by atoms with Gasteiger partial charge < -0.3 is 0 Å². The van der Waals surface area contributed by atoms with Gasteiger partial charge in [-0.15, -0.1) is 0 Å². The molecule has 0 radical (unpaired) electrons. The van der Waals surface area contributed by atoms with Crippen LogP contribution in [0.25, 0.3) is 11.1 Å². The quantitative estimate of drug-likeness (QED) is 0.358. The monoisotopic (exact) mass is 440 g/mol. The van der Waals surface area contributed by atoms with Gasteiger partial charge in [-0.1, -0.05) is 87.7 Å². The molecule has 0 aliphatic heterocycles. The smallest absolute Gasteiger partial charge is 0.131 e. The summed E-state index contributed by atoms with van der Waals surface area (Å²) in [5.74, 6) is 3.17. The van der Waals surface area contributed by atoms with E-state index in [1.807, 2.05) is 30.3 Å². The molecule has 1 unspecified atom stereocenters. The van der Waals surface area contributed by atoms with Crippen molar-refractivity contribution in [1.29, 1.82) is 0 Å². The molecule has 2 fully saturated rings. The fourth-order valence-electron chi connectivity index (χ4n) is 6.24. The van der Waals surface area contributed by atoms with Gasteiger partial charge in [0, 0.05) is 10.6 Å². The third-order valence-electron chi connectivity index (χ3n) is 8.06. The molecule has 2 aliphatic carbocycles. The van der Waals surface area contributed by atoms with E-state index in [0.29, 0.717) is 16.5 Å². The Hall–Kier alpha value is -1.34. The largest absolute Gasteiger partial charge is 0.206 e. The normalized spacial score (nSPS) is 25.9. The molecule has 0 nitrogen and oxygen atoms in total. The number of hydrogen-bond acceptors (Lipinski definition) is 0. The van der Waals surface area contributed by atoms with E-state index in [4.69, 9.17) is 11.6 Å².